The van der Waals surface area contributed by atoms with E-state index in [-0.39, 0.29) is 11.5 Å². The predicted octanol–water partition coefficient (Wildman–Crippen LogP) is 2.47. The van der Waals surface area contributed by atoms with E-state index in [1.54, 1.807) is 0 Å². The van der Waals surface area contributed by atoms with Crippen molar-refractivity contribution in [3.8, 4) is 0 Å². The van der Waals surface area contributed by atoms with Crippen LogP contribution in [0.4, 0.5) is 0 Å². The van der Waals surface area contributed by atoms with Crippen molar-refractivity contribution < 1.29 is 4.79 Å². The third kappa shape index (κ3) is 3.02. The number of carbonyl (C=O) groups excluding carboxylic acids is 1. The second kappa shape index (κ2) is 6.91. The molecule has 0 saturated carbocycles. The predicted molar refractivity (Wildman–Crippen MR) is 109 cm³/mol. The van der Waals surface area contributed by atoms with Crippen LogP contribution in [0.25, 0.3) is 10.8 Å². The normalized spacial score (nSPS) is 16.6. The van der Waals surface area contributed by atoms with Crippen molar-refractivity contribution in [2.24, 2.45) is 0 Å². The van der Waals surface area contributed by atoms with E-state index in [1.807, 2.05) is 29.2 Å². The summed E-state index contributed by atoms with van der Waals surface area (Å²) in [5.41, 5.74) is 4.74. The Morgan fingerprint density at radius 2 is 1.64 bits per heavy atom. The first-order valence-electron chi connectivity index (χ1n) is 9.89. The van der Waals surface area contributed by atoms with Gasteiger partial charge in [-0.25, -0.2) is 0 Å². The van der Waals surface area contributed by atoms with Crippen LogP contribution in [0.1, 0.15) is 22.4 Å². The first kappa shape index (κ1) is 17.2. The van der Waals surface area contributed by atoms with Crippen LogP contribution < -0.4 is 5.56 Å². The average molecular weight is 373 g/mol. The summed E-state index contributed by atoms with van der Waals surface area (Å²) in [5.74, 6) is 0.167. The van der Waals surface area contributed by atoms with Crippen LogP contribution in [0.15, 0.2) is 53.3 Å². The average Bonchev–Trinajstić information content (AvgIpc) is 2.73. The van der Waals surface area contributed by atoms with Gasteiger partial charge in [0.05, 0.1) is 6.54 Å². The van der Waals surface area contributed by atoms with E-state index in [9.17, 15) is 9.59 Å². The Morgan fingerprint density at radius 3 is 2.50 bits per heavy atom. The molecule has 5 rings (SSSR count). The molecule has 142 valence electrons. The fourth-order valence-electron chi connectivity index (χ4n) is 4.49. The summed E-state index contributed by atoms with van der Waals surface area (Å²) in [6, 6.07) is 16.2. The summed E-state index contributed by atoms with van der Waals surface area (Å²) in [6.45, 7) is 3.43. The van der Waals surface area contributed by atoms with Gasteiger partial charge in [0.15, 0.2) is 0 Å². The maximum absolute atomic E-state index is 13.0. The van der Waals surface area contributed by atoms with Crippen molar-refractivity contribution in [3.63, 3.8) is 0 Å². The van der Waals surface area contributed by atoms with Gasteiger partial charge in [-0.15, -0.1) is 0 Å². The highest BCUT2D eigenvalue weighted by atomic mass is 16.2. The molecular weight excluding hydrogens is 350 g/mol. The van der Waals surface area contributed by atoms with Crippen LogP contribution in [0.3, 0.4) is 0 Å². The van der Waals surface area contributed by atoms with Crippen LogP contribution in [0, 0.1) is 0 Å². The lowest BCUT2D eigenvalue weighted by molar-refractivity contribution is -0.133. The number of pyridine rings is 1. The van der Waals surface area contributed by atoms with Crippen molar-refractivity contribution >= 4 is 16.7 Å². The Hall–Kier alpha value is -2.92. The molecule has 0 radical (unpaired) electrons. The molecule has 3 aromatic rings. The van der Waals surface area contributed by atoms with Crippen molar-refractivity contribution in [2.45, 2.75) is 25.9 Å². The summed E-state index contributed by atoms with van der Waals surface area (Å²) in [6.07, 6.45) is 1.70. The monoisotopic (exact) mass is 373 g/mol. The number of hydrogen-bond donors (Lipinski definition) is 1. The van der Waals surface area contributed by atoms with Crippen LogP contribution in [0.2, 0.25) is 0 Å². The van der Waals surface area contributed by atoms with Gasteiger partial charge >= 0.3 is 0 Å². The number of amides is 1. The topological polar surface area (TPSA) is 56.4 Å². The van der Waals surface area contributed by atoms with Gasteiger partial charge in [0, 0.05) is 43.7 Å². The number of aromatic nitrogens is 1. The van der Waals surface area contributed by atoms with Gasteiger partial charge in [-0.1, -0.05) is 42.5 Å². The molecule has 1 aromatic heterocycles. The second-order valence-electron chi connectivity index (χ2n) is 7.75. The zero-order valence-electron chi connectivity index (χ0n) is 15.8. The van der Waals surface area contributed by atoms with Crippen molar-refractivity contribution in [2.75, 3.05) is 19.6 Å². The molecular formula is C23H23N3O2. The first-order valence-corrected chi connectivity index (χ1v) is 9.89. The summed E-state index contributed by atoms with van der Waals surface area (Å²) in [5, 5.41) is 1.66. The molecule has 0 aliphatic carbocycles. The van der Waals surface area contributed by atoms with Gasteiger partial charge in [-0.3, -0.25) is 14.5 Å². The Bertz CT molecular complexity index is 1120. The number of hydrogen-bond acceptors (Lipinski definition) is 3. The van der Waals surface area contributed by atoms with Crippen LogP contribution in [-0.4, -0.2) is 40.3 Å². The highest BCUT2D eigenvalue weighted by Gasteiger charge is 2.26. The molecule has 0 bridgehead atoms. The minimum absolute atomic E-state index is 0.0406. The Balaban J connectivity index is 1.34. The minimum Gasteiger partial charge on any atom is -0.337 e. The molecule has 0 fully saturated rings. The van der Waals surface area contributed by atoms with Gasteiger partial charge in [-0.2, -0.15) is 0 Å². The molecule has 5 heteroatoms. The van der Waals surface area contributed by atoms with E-state index < -0.39 is 0 Å². The third-order valence-electron chi connectivity index (χ3n) is 6.03. The lowest BCUT2D eigenvalue weighted by Gasteiger charge is -2.33. The fourth-order valence-corrected chi connectivity index (χ4v) is 4.49. The summed E-state index contributed by atoms with van der Waals surface area (Å²) >= 11 is 0. The van der Waals surface area contributed by atoms with Gasteiger partial charge < -0.3 is 9.88 Å². The maximum atomic E-state index is 13.0. The van der Waals surface area contributed by atoms with E-state index in [0.717, 1.165) is 36.2 Å². The number of nitrogens with one attached hydrogen (secondary N) is 1. The van der Waals surface area contributed by atoms with E-state index in [2.05, 4.69) is 34.1 Å². The summed E-state index contributed by atoms with van der Waals surface area (Å²) in [7, 11) is 0. The van der Waals surface area contributed by atoms with Crippen molar-refractivity contribution in [3.05, 3.63) is 81.3 Å². The molecule has 28 heavy (non-hydrogen) atoms. The minimum atomic E-state index is -0.0406. The molecule has 0 saturated heterocycles. The lowest BCUT2D eigenvalue weighted by Crippen LogP contribution is -2.44. The lowest BCUT2D eigenvalue weighted by atomic mass is 9.98. The number of aromatic amines is 1. The highest BCUT2D eigenvalue weighted by molar-refractivity contribution is 5.86. The molecule has 0 atom stereocenters. The Kier molecular flexibility index (Phi) is 4.24. The van der Waals surface area contributed by atoms with Gasteiger partial charge in [-0.05, 0) is 34.6 Å². The summed E-state index contributed by atoms with van der Waals surface area (Å²) in [4.78, 5) is 32.5. The summed E-state index contributed by atoms with van der Waals surface area (Å²) < 4.78 is 0. The third-order valence-corrected chi connectivity index (χ3v) is 6.03. The number of H-pyrrole nitrogens is 1. The molecule has 1 amide bonds. The maximum Gasteiger partial charge on any atom is 0.256 e. The van der Waals surface area contributed by atoms with Gasteiger partial charge in [0.25, 0.3) is 5.56 Å². The number of rotatable bonds is 2. The standard InChI is InChI=1S/C23H23N3O2/c27-22(15-25-11-9-16-5-1-2-6-17(16)13-25)26-12-10-21-20(14-26)18-7-3-4-8-19(18)23(28)24-21/h1-8H,9-15H2,(H,24,28). The first-order chi connectivity index (χ1) is 13.7. The zero-order valence-corrected chi connectivity index (χ0v) is 15.8. The molecule has 1 N–H and O–H groups in total. The molecule has 0 unspecified atom stereocenters. The Labute approximate surface area is 163 Å². The molecule has 2 aromatic carbocycles. The van der Waals surface area contributed by atoms with Crippen molar-refractivity contribution in [1.82, 2.24) is 14.8 Å². The molecule has 3 heterocycles. The molecule has 0 spiro atoms. The number of fused-ring (bicyclic) bond motifs is 4. The van der Waals surface area contributed by atoms with E-state index in [0.29, 0.717) is 31.4 Å². The van der Waals surface area contributed by atoms with Crippen molar-refractivity contribution in [1.29, 1.82) is 0 Å². The largest absolute Gasteiger partial charge is 0.337 e. The second-order valence-corrected chi connectivity index (χ2v) is 7.75. The van der Waals surface area contributed by atoms with Crippen LogP contribution in [-0.2, 0) is 30.7 Å². The fraction of sp³-hybridized carbons (Fsp3) is 0.304. The SMILES string of the molecule is O=C(CN1CCc2ccccc2C1)N1CCc2[nH]c(=O)c3ccccc3c2C1. The molecule has 5 nitrogen and oxygen atoms in total. The molecule has 2 aliphatic rings. The Morgan fingerprint density at radius 1 is 0.893 bits per heavy atom. The number of carbonyl (C=O) groups is 1. The van der Waals surface area contributed by atoms with Gasteiger partial charge in [0.1, 0.15) is 0 Å². The van der Waals surface area contributed by atoms with E-state index >= 15 is 0 Å². The quantitative estimate of drug-likeness (QED) is 0.751. The zero-order chi connectivity index (χ0) is 19.1. The smallest absolute Gasteiger partial charge is 0.256 e. The van der Waals surface area contributed by atoms with E-state index in [1.165, 1.54) is 11.1 Å². The van der Waals surface area contributed by atoms with E-state index in [4.69, 9.17) is 0 Å². The number of nitrogens with zero attached hydrogens (tertiary/aromatic N) is 2. The highest BCUT2D eigenvalue weighted by Crippen LogP contribution is 2.25. The molecule has 2 aliphatic heterocycles. The van der Waals surface area contributed by atoms with Gasteiger partial charge in [0.2, 0.25) is 5.91 Å². The van der Waals surface area contributed by atoms with Crippen LogP contribution >= 0.6 is 0 Å². The number of benzene rings is 2. The van der Waals surface area contributed by atoms with Crippen LogP contribution in [0.5, 0.6) is 0 Å².